The van der Waals surface area contributed by atoms with Gasteiger partial charge >= 0.3 is 0 Å². The fourth-order valence-electron chi connectivity index (χ4n) is 1.91. The van der Waals surface area contributed by atoms with Gasteiger partial charge in [-0.15, -0.1) is 0 Å². The topological polar surface area (TPSA) is 29.5 Å². The Kier molecular flexibility index (Phi) is 3.86. The fraction of sp³-hybridized carbons (Fsp3) is 0.857. The van der Waals surface area contributed by atoms with E-state index in [1.54, 1.807) is 6.92 Å². The second kappa shape index (κ2) is 4.50. The Labute approximate surface area is 99.7 Å². The summed E-state index contributed by atoms with van der Waals surface area (Å²) >= 11 is 0. The fourth-order valence-corrected chi connectivity index (χ4v) is 1.91. The lowest BCUT2D eigenvalue weighted by Gasteiger charge is -2.34. The van der Waals surface area contributed by atoms with Crippen molar-refractivity contribution in [3.8, 4) is 0 Å². The molecule has 1 aliphatic carbocycles. The first-order valence-electron chi connectivity index (χ1n) is 6.17. The Morgan fingerprint density at radius 1 is 1.56 bits per heavy atom. The standard InChI is InChI=1S/C14H26O2/c1-10-7-8-12(13(10,3)4)9-16-14(5,6)11(2)15/h7,11-12,15H,8-9H2,1-6H3. The zero-order chi connectivity index (χ0) is 12.6. The first-order valence-corrected chi connectivity index (χ1v) is 6.17. The summed E-state index contributed by atoms with van der Waals surface area (Å²) in [6.45, 7) is 13.1. The van der Waals surface area contributed by atoms with E-state index in [1.165, 1.54) is 5.57 Å². The molecule has 0 fully saturated rings. The minimum absolute atomic E-state index is 0.231. The van der Waals surface area contributed by atoms with E-state index in [4.69, 9.17) is 4.74 Å². The molecule has 0 bridgehead atoms. The van der Waals surface area contributed by atoms with Crippen LogP contribution in [0, 0.1) is 11.3 Å². The van der Waals surface area contributed by atoms with Crippen LogP contribution in [0.4, 0.5) is 0 Å². The van der Waals surface area contributed by atoms with E-state index in [0.29, 0.717) is 5.92 Å². The second-order valence-electron chi connectivity index (χ2n) is 6.13. The molecule has 0 saturated carbocycles. The van der Waals surface area contributed by atoms with Crippen molar-refractivity contribution in [1.82, 2.24) is 0 Å². The quantitative estimate of drug-likeness (QED) is 0.746. The van der Waals surface area contributed by atoms with Gasteiger partial charge in [-0.3, -0.25) is 0 Å². The molecule has 94 valence electrons. The molecule has 0 spiro atoms. The van der Waals surface area contributed by atoms with Crippen molar-refractivity contribution < 1.29 is 9.84 Å². The molecule has 16 heavy (non-hydrogen) atoms. The minimum atomic E-state index is -0.452. The van der Waals surface area contributed by atoms with Crippen LogP contribution in [-0.2, 0) is 4.74 Å². The van der Waals surface area contributed by atoms with Gasteiger partial charge in [0.05, 0.1) is 18.3 Å². The molecular formula is C14H26O2. The van der Waals surface area contributed by atoms with Crippen molar-refractivity contribution in [1.29, 1.82) is 0 Å². The molecule has 0 aromatic carbocycles. The smallest absolute Gasteiger partial charge is 0.0881 e. The van der Waals surface area contributed by atoms with E-state index < -0.39 is 11.7 Å². The van der Waals surface area contributed by atoms with Crippen LogP contribution in [0.15, 0.2) is 11.6 Å². The van der Waals surface area contributed by atoms with Gasteiger partial charge in [0.25, 0.3) is 0 Å². The lowest BCUT2D eigenvalue weighted by atomic mass is 9.78. The second-order valence-corrected chi connectivity index (χ2v) is 6.13. The summed E-state index contributed by atoms with van der Waals surface area (Å²) in [4.78, 5) is 0. The van der Waals surface area contributed by atoms with E-state index in [1.807, 2.05) is 13.8 Å². The van der Waals surface area contributed by atoms with Gasteiger partial charge in [0.15, 0.2) is 0 Å². The third-order valence-electron chi connectivity index (χ3n) is 4.41. The van der Waals surface area contributed by atoms with Crippen molar-refractivity contribution in [2.75, 3.05) is 6.61 Å². The SMILES string of the molecule is CC1=CCC(COC(C)(C)C(C)O)C1(C)C. The number of hydrogen-bond donors (Lipinski definition) is 1. The summed E-state index contributed by atoms with van der Waals surface area (Å²) in [5.41, 5.74) is 1.23. The Hall–Kier alpha value is -0.340. The van der Waals surface area contributed by atoms with Crippen LogP contribution in [0.5, 0.6) is 0 Å². The van der Waals surface area contributed by atoms with Crippen molar-refractivity contribution in [2.24, 2.45) is 11.3 Å². The molecule has 0 aliphatic heterocycles. The van der Waals surface area contributed by atoms with Gasteiger partial charge in [-0.2, -0.15) is 0 Å². The van der Waals surface area contributed by atoms with Gasteiger partial charge in [0.2, 0.25) is 0 Å². The van der Waals surface area contributed by atoms with Crippen LogP contribution in [0.3, 0.4) is 0 Å². The highest BCUT2D eigenvalue weighted by Crippen LogP contribution is 2.43. The van der Waals surface area contributed by atoms with E-state index in [-0.39, 0.29) is 5.41 Å². The molecule has 2 atom stereocenters. The monoisotopic (exact) mass is 226 g/mol. The highest BCUT2D eigenvalue weighted by molar-refractivity contribution is 5.18. The highest BCUT2D eigenvalue weighted by atomic mass is 16.5. The molecular weight excluding hydrogens is 200 g/mol. The van der Waals surface area contributed by atoms with Crippen molar-refractivity contribution in [3.05, 3.63) is 11.6 Å². The molecule has 0 aromatic rings. The average molecular weight is 226 g/mol. The Morgan fingerprint density at radius 3 is 2.50 bits per heavy atom. The average Bonchev–Trinajstić information content (AvgIpc) is 2.39. The molecule has 1 aliphatic rings. The van der Waals surface area contributed by atoms with E-state index >= 15 is 0 Å². The van der Waals surface area contributed by atoms with Gasteiger partial charge in [-0.1, -0.05) is 25.5 Å². The largest absolute Gasteiger partial charge is 0.390 e. The van der Waals surface area contributed by atoms with Gasteiger partial charge < -0.3 is 9.84 Å². The lowest BCUT2D eigenvalue weighted by molar-refractivity contribution is -0.110. The lowest BCUT2D eigenvalue weighted by Crippen LogP contribution is -2.39. The predicted molar refractivity (Wildman–Crippen MR) is 67.4 cm³/mol. The number of aliphatic hydroxyl groups excluding tert-OH is 1. The Balaban J connectivity index is 2.53. The van der Waals surface area contributed by atoms with Crippen LogP contribution in [0.25, 0.3) is 0 Å². The molecule has 0 saturated heterocycles. The molecule has 2 unspecified atom stereocenters. The number of aliphatic hydroxyl groups is 1. The Bertz CT molecular complexity index is 274. The van der Waals surface area contributed by atoms with Crippen LogP contribution in [-0.4, -0.2) is 23.4 Å². The third-order valence-corrected chi connectivity index (χ3v) is 4.41. The van der Waals surface area contributed by atoms with Gasteiger partial charge in [0, 0.05) is 0 Å². The van der Waals surface area contributed by atoms with Crippen LogP contribution in [0.2, 0.25) is 0 Å². The molecule has 0 radical (unpaired) electrons. The van der Waals surface area contributed by atoms with Crippen LogP contribution < -0.4 is 0 Å². The van der Waals surface area contributed by atoms with Gasteiger partial charge in [0.1, 0.15) is 0 Å². The van der Waals surface area contributed by atoms with Crippen molar-refractivity contribution >= 4 is 0 Å². The van der Waals surface area contributed by atoms with Crippen molar-refractivity contribution in [3.63, 3.8) is 0 Å². The molecule has 2 heteroatoms. The van der Waals surface area contributed by atoms with E-state index in [2.05, 4.69) is 26.8 Å². The number of hydrogen-bond acceptors (Lipinski definition) is 2. The van der Waals surface area contributed by atoms with Gasteiger partial charge in [-0.25, -0.2) is 0 Å². The summed E-state index contributed by atoms with van der Waals surface area (Å²) < 4.78 is 5.88. The first-order chi connectivity index (χ1) is 7.18. The molecule has 0 heterocycles. The molecule has 0 amide bonds. The maximum Gasteiger partial charge on any atom is 0.0881 e. The minimum Gasteiger partial charge on any atom is -0.390 e. The molecule has 1 N–H and O–H groups in total. The zero-order valence-electron chi connectivity index (χ0n) is 11.5. The molecule has 2 nitrogen and oxygen atoms in total. The normalized spacial score (nSPS) is 26.7. The van der Waals surface area contributed by atoms with Gasteiger partial charge in [-0.05, 0) is 45.4 Å². The summed E-state index contributed by atoms with van der Waals surface area (Å²) in [5.74, 6) is 0.533. The summed E-state index contributed by atoms with van der Waals surface area (Å²) in [6, 6.07) is 0. The van der Waals surface area contributed by atoms with Crippen LogP contribution >= 0.6 is 0 Å². The van der Waals surface area contributed by atoms with Crippen molar-refractivity contribution in [2.45, 2.75) is 59.7 Å². The Morgan fingerprint density at radius 2 is 2.12 bits per heavy atom. The van der Waals surface area contributed by atoms with Crippen LogP contribution in [0.1, 0.15) is 48.0 Å². The summed E-state index contributed by atoms with van der Waals surface area (Å²) in [7, 11) is 0. The number of rotatable bonds is 4. The molecule has 1 rings (SSSR count). The number of allylic oxidation sites excluding steroid dienone is 2. The van der Waals surface area contributed by atoms with E-state index in [0.717, 1.165) is 13.0 Å². The third kappa shape index (κ3) is 2.67. The maximum atomic E-state index is 9.60. The maximum absolute atomic E-state index is 9.60. The predicted octanol–water partition coefficient (Wildman–Crippen LogP) is 3.15. The zero-order valence-corrected chi connectivity index (χ0v) is 11.5. The summed E-state index contributed by atoms with van der Waals surface area (Å²) in [5, 5.41) is 9.60. The number of ether oxygens (including phenoxy) is 1. The molecule has 0 aromatic heterocycles. The first kappa shape index (κ1) is 13.7. The van der Waals surface area contributed by atoms with E-state index in [9.17, 15) is 5.11 Å². The highest BCUT2D eigenvalue weighted by Gasteiger charge is 2.36. The summed E-state index contributed by atoms with van der Waals surface area (Å²) in [6.07, 6.45) is 2.96.